The van der Waals surface area contributed by atoms with Gasteiger partial charge in [-0.2, -0.15) is 0 Å². The van der Waals surface area contributed by atoms with E-state index in [1.807, 2.05) is 13.0 Å². The molecule has 0 aromatic heterocycles. The normalized spacial score (nSPS) is 10.9. The van der Waals surface area contributed by atoms with Crippen LogP contribution in [0.3, 0.4) is 0 Å². The number of benzene rings is 2. The van der Waals surface area contributed by atoms with Gasteiger partial charge < -0.3 is 0 Å². The Bertz CT molecular complexity index is 623. The molecular formula is C18H19N. The monoisotopic (exact) mass is 249 g/mol. The first kappa shape index (κ1) is 13.4. The molecule has 2 aromatic carbocycles. The number of hydrogen-bond acceptors (Lipinski definition) is 1. The van der Waals surface area contributed by atoms with Crippen LogP contribution in [-0.4, -0.2) is 18.5 Å². The quantitative estimate of drug-likeness (QED) is 0.744. The Morgan fingerprint density at radius 2 is 1.89 bits per heavy atom. The summed E-state index contributed by atoms with van der Waals surface area (Å²) in [6.07, 6.45) is 4.02. The molecule has 0 atom stereocenters. The van der Waals surface area contributed by atoms with Crippen molar-refractivity contribution in [3.8, 4) is 11.8 Å². The molecule has 2 aromatic rings. The molecule has 0 saturated heterocycles. The van der Waals surface area contributed by atoms with Crippen LogP contribution in [-0.2, 0) is 6.54 Å². The molecular weight excluding hydrogens is 230 g/mol. The van der Waals surface area contributed by atoms with Crippen LogP contribution in [0.5, 0.6) is 0 Å². The first-order valence-corrected chi connectivity index (χ1v) is 6.53. The Labute approximate surface area is 115 Å². The highest BCUT2D eigenvalue weighted by atomic mass is 15.1. The van der Waals surface area contributed by atoms with E-state index < -0.39 is 0 Å². The Morgan fingerprint density at radius 3 is 2.74 bits per heavy atom. The zero-order valence-electron chi connectivity index (χ0n) is 11.6. The average molecular weight is 249 g/mol. The standard InChI is InChI=1S/C18H19N/c1-3-4-5-8-14-19(2)15-17-12-9-11-16-10-6-7-13-18(16)17/h5-13H,14-15H2,1-2H3/b8-5+. The topological polar surface area (TPSA) is 3.24 Å². The van der Waals surface area contributed by atoms with Crippen molar-refractivity contribution >= 4 is 10.8 Å². The Kier molecular flexibility index (Phi) is 4.78. The summed E-state index contributed by atoms with van der Waals surface area (Å²) >= 11 is 0. The van der Waals surface area contributed by atoms with Crippen molar-refractivity contribution < 1.29 is 0 Å². The van der Waals surface area contributed by atoms with Crippen molar-refractivity contribution in [2.45, 2.75) is 13.5 Å². The fourth-order valence-electron chi connectivity index (χ4n) is 2.16. The summed E-state index contributed by atoms with van der Waals surface area (Å²) in [5.74, 6) is 5.80. The third-order valence-corrected chi connectivity index (χ3v) is 3.08. The van der Waals surface area contributed by atoms with Crippen LogP contribution in [0.2, 0.25) is 0 Å². The van der Waals surface area contributed by atoms with Gasteiger partial charge in [0.2, 0.25) is 0 Å². The molecule has 0 aliphatic heterocycles. The van der Waals surface area contributed by atoms with Crippen molar-refractivity contribution in [1.82, 2.24) is 4.90 Å². The average Bonchev–Trinajstić information content (AvgIpc) is 2.44. The predicted molar refractivity (Wildman–Crippen MR) is 82.9 cm³/mol. The molecule has 19 heavy (non-hydrogen) atoms. The Hall–Kier alpha value is -2.04. The van der Waals surface area contributed by atoms with Gasteiger partial charge in [-0.05, 0) is 36.4 Å². The van der Waals surface area contributed by atoms with E-state index in [9.17, 15) is 0 Å². The van der Waals surface area contributed by atoms with Crippen molar-refractivity contribution in [3.05, 3.63) is 60.2 Å². The number of hydrogen-bond donors (Lipinski definition) is 0. The van der Waals surface area contributed by atoms with Gasteiger partial charge >= 0.3 is 0 Å². The summed E-state index contributed by atoms with van der Waals surface area (Å²) in [7, 11) is 2.13. The summed E-state index contributed by atoms with van der Waals surface area (Å²) in [4.78, 5) is 2.29. The predicted octanol–water partition coefficient (Wildman–Crippen LogP) is 3.85. The molecule has 0 bridgehead atoms. The van der Waals surface area contributed by atoms with E-state index in [0.717, 1.165) is 13.1 Å². The number of rotatable bonds is 4. The molecule has 0 fully saturated rings. The van der Waals surface area contributed by atoms with Gasteiger partial charge in [0.05, 0.1) is 0 Å². The van der Waals surface area contributed by atoms with E-state index in [0.29, 0.717) is 0 Å². The summed E-state index contributed by atoms with van der Waals surface area (Å²) < 4.78 is 0. The van der Waals surface area contributed by atoms with Gasteiger partial charge in [-0.1, -0.05) is 54.5 Å². The SMILES string of the molecule is CC#C/C=C/CN(C)Cc1cccc2ccccc12. The summed E-state index contributed by atoms with van der Waals surface area (Å²) in [5, 5.41) is 2.65. The van der Waals surface area contributed by atoms with E-state index >= 15 is 0 Å². The molecule has 0 N–H and O–H groups in total. The number of nitrogens with zero attached hydrogens (tertiary/aromatic N) is 1. The van der Waals surface area contributed by atoms with Crippen LogP contribution in [0.25, 0.3) is 10.8 Å². The van der Waals surface area contributed by atoms with Gasteiger partial charge in [0.1, 0.15) is 0 Å². The first-order valence-electron chi connectivity index (χ1n) is 6.53. The number of allylic oxidation sites excluding steroid dienone is 1. The minimum atomic E-state index is 0.915. The van der Waals surface area contributed by atoms with Gasteiger partial charge in [-0.3, -0.25) is 4.90 Å². The van der Waals surface area contributed by atoms with Gasteiger partial charge in [-0.15, -0.1) is 5.92 Å². The van der Waals surface area contributed by atoms with E-state index in [1.165, 1.54) is 16.3 Å². The Balaban J connectivity index is 2.10. The van der Waals surface area contributed by atoms with Crippen LogP contribution < -0.4 is 0 Å². The summed E-state index contributed by atoms with van der Waals surface area (Å²) in [6, 6.07) is 15.0. The van der Waals surface area contributed by atoms with Crippen molar-refractivity contribution in [1.29, 1.82) is 0 Å². The van der Waals surface area contributed by atoms with Crippen molar-refractivity contribution in [2.75, 3.05) is 13.6 Å². The summed E-state index contributed by atoms with van der Waals surface area (Å²) in [6.45, 7) is 3.72. The van der Waals surface area contributed by atoms with Crippen LogP contribution in [0, 0.1) is 11.8 Å². The van der Waals surface area contributed by atoms with Crippen LogP contribution in [0.15, 0.2) is 54.6 Å². The lowest BCUT2D eigenvalue weighted by atomic mass is 10.0. The maximum Gasteiger partial charge on any atom is 0.0240 e. The van der Waals surface area contributed by atoms with Gasteiger partial charge in [0.25, 0.3) is 0 Å². The Morgan fingerprint density at radius 1 is 1.11 bits per heavy atom. The molecule has 0 aliphatic carbocycles. The summed E-state index contributed by atoms with van der Waals surface area (Å²) in [5.41, 5.74) is 1.37. The molecule has 0 spiro atoms. The molecule has 2 rings (SSSR count). The lowest BCUT2D eigenvalue weighted by Crippen LogP contribution is -2.17. The molecule has 0 unspecified atom stereocenters. The largest absolute Gasteiger partial charge is 0.298 e. The third-order valence-electron chi connectivity index (χ3n) is 3.08. The fraction of sp³-hybridized carbons (Fsp3) is 0.222. The van der Waals surface area contributed by atoms with Gasteiger partial charge in [0.15, 0.2) is 0 Å². The zero-order chi connectivity index (χ0) is 13.5. The number of likely N-dealkylation sites (N-methyl/N-ethyl adjacent to an activating group) is 1. The second-order valence-corrected chi connectivity index (χ2v) is 4.63. The third kappa shape index (κ3) is 3.71. The highest BCUT2D eigenvalue weighted by molar-refractivity contribution is 5.85. The van der Waals surface area contributed by atoms with Gasteiger partial charge in [-0.25, -0.2) is 0 Å². The maximum atomic E-state index is 2.94. The fourth-order valence-corrected chi connectivity index (χ4v) is 2.16. The van der Waals surface area contributed by atoms with Crippen molar-refractivity contribution in [3.63, 3.8) is 0 Å². The number of fused-ring (bicyclic) bond motifs is 1. The lowest BCUT2D eigenvalue weighted by Gasteiger charge is -2.15. The highest BCUT2D eigenvalue weighted by Gasteiger charge is 2.02. The smallest absolute Gasteiger partial charge is 0.0240 e. The molecule has 1 heteroatoms. The van der Waals surface area contributed by atoms with Crippen LogP contribution in [0.4, 0.5) is 0 Å². The van der Waals surface area contributed by atoms with Crippen LogP contribution >= 0.6 is 0 Å². The maximum absolute atomic E-state index is 2.94. The highest BCUT2D eigenvalue weighted by Crippen LogP contribution is 2.19. The second kappa shape index (κ2) is 6.78. The van der Waals surface area contributed by atoms with Gasteiger partial charge in [0, 0.05) is 13.1 Å². The molecule has 1 nitrogen and oxygen atoms in total. The second-order valence-electron chi connectivity index (χ2n) is 4.63. The van der Waals surface area contributed by atoms with Crippen molar-refractivity contribution in [2.24, 2.45) is 0 Å². The molecule has 0 radical (unpaired) electrons. The van der Waals surface area contributed by atoms with Crippen LogP contribution in [0.1, 0.15) is 12.5 Å². The van der Waals surface area contributed by atoms with E-state index in [-0.39, 0.29) is 0 Å². The lowest BCUT2D eigenvalue weighted by molar-refractivity contribution is 0.365. The first-order chi connectivity index (χ1) is 9.31. The van der Waals surface area contributed by atoms with E-state index in [2.05, 4.69) is 72.3 Å². The molecule has 0 aliphatic rings. The zero-order valence-corrected chi connectivity index (χ0v) is 11.6. The molecule has 0 heterocycles. The molecule has 0 amide bonds. The molecule has 0 saturated carbocycles. The minimum Gasteiger partial charge on any atom is -0.298 e. The molecule has 96 valence electrons. The minimum absolute atomic E-state index is 0.915. The van der Waals surface area contributed by atoms with E-state index in [4.69, 9.17) is 0 Å². The van der Waals surface area contributed by atoms with E-state index in [1.54, 1.807) is 0 Å².